The minimum absolute atomic E-state index is 0.205. The molecule has 0 aliphatic carbocycles. The van der Waals surface area contributed by atoms with Crippen LogP contribution in [0.2, 0.25) is 0 Å². The number of fused-ring (bicyclic) bond motifs is 1. The van der Waals surface area contributed by atoms with Crippen LogP contribution in [0.4, 0.5) is 11.4 Å². The Morgan fingerprint density at radius 1 is 1.19 bits per heavy atom. The molecule has 0 atom stereocenters. The molecule has 0 fully saturated rings. The molecule has 1 heterocycles. The molecule has 2 aromatic carbocycles. The quantitative estimate of drug-likeness (QED) is 0.749. The minimum atomic E-state index is -3.68. The van der Waals surface area contributed by atoms with Gasteiger partial charge in [0, 0.05) is 12.7 Å². The van der Waals surface area contributed by atoms with Crippen molar-refractivity contribution in [2.45, 2.75) is 24.7 Å². The molecule has 0 saturated carbocycles. The summed E-state index contributed by atoms with van der Waals surface area (Å²) in [6.45, 7) is 4.09. The summed E-state index contributed by atoms with van der Waals surface area (Å²) in [4.78, 5) is 2.19. The number of anilines is 2. The van der Waals surface area contributed by atoms with Crippen molar-refractivity contribution in [1.82, 2.24) is 0 Å². The van der Waals surface area contributed by atoms with Crippen molar-refractivity contribution in [3.8, 4) is 11.5 Å². The number of likely N-dealkylation sites (N-methyl/N-ethyl adjacent to an activating group) is 1. The van der Waals surface area contributed by atoms with Crippen LogP contribution in [-0.4, -0.2) is 35.2 Å². The molecular formula is C19H24N2O4S. The summed E-state index contributed by atoms with van der Waals surface area (Å²) < 4.78 is 39.1. The molecule has 3 rings (SSSR count). The molecule has 0 radical (unpaired) electrons. The van der Waals surface area contributed by atoms with Gasteiger partial charge in [-0.25, -0.2) is 8.42 Å². The first-order valence-electron chi connectivity index (χ1n) is 8.73. The van der Waals surface area contributed by atoms with E-state index in [0.29, 0.717) is 24.7 Å². The zero-order chi connectivity index (χ0) is 18.6. The monoisotopic (exact) mass is 376 g/mol. The van der Waals surface area contributed by atoms with Crippen molar-refractivity contribution in [3.05, 3.63) is 42.5 Å². The van der Waals surface area contributed by atoms with Crippen LogP contribution in [0.5, 0.6) is 11.5 Å². The van der Waals surface area contributed by atoms with Gasteiger partial charge in [0.05, 0.1) is 23.7 Å². The van der Waals surface area contributed by atoms with Gasteiger partial charge < -0.3 is 14.4 Å². The Kier molecular flexibility index (Phi) is 5.56. The maximum Gasteiger partial charge on any atom is 0.261 e. The molecule has 26 heavy (non-hydrogen) atoms. The fourth-order valence-electron chi connectivity index (χ4n) is 2.67. The highest BCUT2D eigenvalue weighted by atomic mass is 32.2. The van der Waals surface area contributed by atoms with Crippen LogP contribution in [0.1, 0.15) is 19.8 Å². The molecule has 2 aromatic rings. The lowest BCUT2D eigenvalue weighted by molar-refractivity contribution is 0.309. The van der Waals surface area contributed by atoms with Gasteiger partial charge in [-0.1, -0.05) is 13.3 Å². The molecule has 0 saturated heterocycles. The molecule has 0 spiro atoms. The van der Waals surface area contributed by atoms with Crippen molar-refractivity contribution in [3.63, 3.8) is 0 Å². The van der Waals surface area contributed by atoms with Gasteiger partial charge in [0.1, 0.15) is 18.1 Å². The van der Waals surface area contributed by atoms with Crippen molar-refractivity contribution < 1.29 is 17.9 Å². The lowest BCUT2D eigenvalue weighted by Gasteiger charge is -2.28. The number of benzene rings is 2. The van der Waals surface area contributed by atoms with Crippen molar-refractivity contribution >= 4 is 21.4 Å². The molecule has 7 heteroatoms. The Hall–Kier alpha value is -2.41. The smallest absolute Gasteiger partial charge is 0.261 e. The van der Waals surface area contributed by atoms with Crippen LogP contribution in [0.15, 0.2) is 47.4 Å². The number of hydrogen-bond acceptors (Lipinski definition) is 5. The fraction of sp³-hybridized carbons (Fsp3) is 0.368. The highest BCUT2D eigenvalue weighted by molar-refractivity contribution is 7.92. The van der Waals surface area contributed by atoms with Crippen molar-refractivity contribution in [2.75, 3.05) is 36.4 Å². The van der Waals surface area contributed by atoms with Gasteiger partial charge in [-0.2, -0.15) is 0 Å². The first kappa shape index (κ1) is 18.4. The lowest BCUT2D eigenvalue weighted by atomic mass is 10.2. The molecular weight excluding hydrogens is 352 g/mol. The van der Waals surface area contributed by atoms with Crippen LogP contribution in [0.3, 0.4) is 0 Å². The SMILES string of the molecule is CCCCOc1ccc(NS(=O)(=O)c2ccc3c(c2)N(C)CCO3)cc1. The first-order valence-corrected chi connectivity index (χ1v) is 10.2. The summed E-state index contributed by atoms with van der Waals surface area (Å²) in [6.07, 6.45) is 2.06. The molecule has 0 aromatic heterocycles. The highest BCUT2D eigenvalue weighted by Crippen LogP contribution is 2.33. The van der Waals surface area contributed by atoms with E-state index in [4.69, 9.17) is 9.47 Å². The van der Waals surface area contributed by atoms with E-state index < -0.39 is 10.0 Å². The van der Waals surface area contributed by atoms with Gasteiger partial charge in [0.25, 0.3) is 10.0 Å². The first-order chi connectivity index (χ1) is 12.5. The van der Waals surface area contributed by atoms with E-state index in [1.807, 2.05) is 11.9 Å². The summed E-state index contributed by atoms with van der Waals surface area (Å²) in [6, 6.07) is 11.8. The maximum absolute atomic E-state index is 12.7. The van der Waals surface area contributed by atoms with E-state index in [9.17, 15) is 8.42 Å². The predicted octanol–water partition coefficient (Wildman–Crippen LogP) is 3.49. The average Bonchev–Trinajstić information content (AvgIpc) is 2.63. The van der Waals surface area contributed by atoms with Crippen LogP contribution >= 0.6 is 0 Å². The Bertz CT molecular complexity index is 850. The number of sulfonamides is 1. The zero-order valence-electron chi connectivity index (χ0n) is 15.1. The molecule has 1 aliphatic rings. The van der Waals surface area contributed by atoms with E-state index in [2.05, 4.69) is 11.6 Å². The molecule has 0 amide bonds. The third-order valence-electron chi connectivity index (χ3n) is 4.21. The fourth-order valence-corrected chi connectivity index (χ4v) is 3.74. The Labute approximate surface area is 154 Å². The number of hydrogen-bond donors (Lipinski definition) is 1. The molecule has 0 bridgehead atoms. The highest BCUT2D eigenvalue weighted by Gasteiger charge is 2.20. The van der Waals surface area contributed by atoms with Gasteiger partial charge in [0.15, 0.2) is 0 Å². The van der Waals surface area contributed by atoms with Gasteiger partial charge >= 0.3 is 0 Å². The van der Waals surface area contributed by atoms with E-state index in [1.165, 1.54) is 0 Å². The molecule has 1 N–H and O–H groups in total. The molecule has 0 unspecified atom stereocenters. The number of rotatable bonds is 7. The Morgan fingerprint density at radius 2 is 1.96 bits per heavy atom. The third-order valence-corrected chi connectivity index (χ3v) is 5.59. The van der Waals surface area contributed by atoms with Crippen molar-refractivity contribution in [1.29, 1.82) is 0 Å². The van der Waals surface area contributed by atoms with E-state index in [-0.39, 0.29) is 4.90 Å². The molecule has 6 nitrogen and oxygen atoms in total. The summed E-state index contributed by atoms with van der Waals surface area (Å²) in [5.74, 6) is 1.43. The number of ether oxygens (including phenoxy) is 2. The lowest BCUT2D eigenvalue weighted by Crippen LogP contribution is -2.29. The minimum Gasteiger partial charge on any atom is -0.494 e. The van der Waals surface area contributed by atoms with Crippen LogP contribution < -0.4 is 19.1 Å². The van der Waals surface area contributed by atoms with Gasteiger partial charge in [-0.3, -0.25) is 4.72 Å². The Morgan fingerprint density at radius 3 is 2.69 bits per heavy atom. The van der Waals surface area contributed by atoms with Gasteiger partial charge in [0.2, 0.25) is 0 Å². The van der Waals surface area contributed by atoms with Crippen LogP contribution in [0, 0.1) is 0 Å². The molecule has 140 valence electrons. The van der Waals surface area contributed by atoms with Gasteiger partial charge in [-0.05, 0) is 48.9 Å². The summed E-state index contributed by atoms with van der Waals surface area (Å²) in [5.41, 5.74) is 1.27. The maximum atomic E-state index is 12.7. The van der Waals surface area contributed by atoms with Crippen LogP contribution in [0.25, 0.3) is 0 Å². The number of nitrogens with one attached hydrogen (secondary N) is 1. The van der Waals surface area contributed by atoms with Crippen LogP contribution in [-0.2, 0) is 10.0 Å². The second-order valence-electron chi connectivity index (χ2n) is 6.23. The van der Waals surface area contributed by atoms with E-state index in [0.717, 1.165) is 30.8 Å². The normalized spacial score (nSPS) is 13.7. The average molecular weight is 376 g/mol. The van der Waals surface area contributed by atoms with Gasteiger partial charge in [-0.15, -0.1) is 0 Å². The summed E-state index contributed by atoms with van der Waals surface area (Å²) in [7, 11) is -1.76. The van der Waals surface area contributed by atoms with Crippen molar-refractivity contribution in [2.24, 2.45) is 0 Å². The largest absolute Gasteiger partial charge is 0.494 e. The summed E-state index contributed by atoms with van der Waals surface area (Å²) >= 11 is 0. The molecule has 1 aliphatic heterocycles. The summed E-state index contributed by atoms with van der Waals surface area (Å²) in [5, 5.41) is 0. The second kappa shape index (κ2) is 7.86. The standard InChI is InChI=1S/C19H24N2O4S/c1-3-4-12-24-16-7-5-15(6-8-16)20-26(22,23)17-9-10-19-18(14-17)21(2)11-13-25-19/h5-10,14,20H,3-4,11-13H2,1-2H3. The zero-order valence-corrected chi connectivity index (χ0v) is 15.9. The number of unbranched alkanes of at least 4 members (excludes halogenated alkanes) is 1. The van der Waals surface area contributed by atoms with E-state index in [1.54, 1.807) is 42.5 Å². The predicted molar refractivity (Wildman–Crippen MR) is 103 cm³/mol. The Balaban J connectivity index is 1.74. The second-order valence-corrected chi connectivity index (χ2v) is 7.91. The number of nitrogens with zero attached hydrogens (tertiary/aromatic N) is 1. The third kappa shape index (κ3) is 4.22. The topological polar surface area (TPSA) is 67.9 Å². The van der Waals surface area contributed by atoms with E-state index >= 15 is 0 Å².